The van der Waals surface area contributed by atoms with E-state index in [1.165, 1.54) is 0 Å². The van der Waals surface area contributed by atoms with Crippen LogP contribution in [-0.4, -0.2) is 39.6 Å². The Hall–Kier alpha value is -1.63. The van der Waals surface area contributed by atoms with E-state index in [0.29, 0.717) is 12.8 Å². The van der Waals surface area contributed by atoms with Crippen molar-refractivity contribution in [2.75, 3.05) is 6.61 Å². The number of aliphatic hydroxyl groups is 2. The lowest BCUT2D eigenvalue weighted by molar-refractivity contribution is -0.138. The molecule has 0 spiro atoms. The van der Waals surface area contributed by atoms with Gasteiger partial charge in [0.1, 0.15) is 0 Å². The average Bonchev–Trinajstić information content (AvgIpc) is 3.03. The SMILES string of the molecule is CCC=CCC(O)C=C[C@@H]1CC[C@H]2CC(NOCCC(=O)O)=C[C@]21O. The monoisotopic (exact) mass is 351 g/mol. The van der Waals surface area contributed by atoms with E-state index in [4.69, 9.17) is 9.94 Å². The van der Waals surface area contributed by atoms with Crippen molar-refractivity contribution in [2.24, 2.45) is 11.8 Å². The molecule has 0 bridgehead atoms. The summed E-state index contributed by atoms with van der Waals surface area (Å²) in [4.78, 5) is 15.6. The second-order valence-electron chi connectivity index (χ2n) is 6.80. The summed E-state index contributed by atoms with van der Waals surface area (Å²) in [6.45, 7) is 2.13. The molecule has 6 heteroatoms. The maximum Gasteiger partial charge on any atom is 0.305 e. The van der Waals surface area contributed by atoms with Crippen LogP contribution in [-0.2, 0) is 9.63 Å². The van der Waals surface area contributed by atoms with Crippen LogP contribution < -0.4 is 5.48 Å². The molecule has 0 heterocycles. The number of carboxylic acid groups (broad SMARTS) is 1. The minimum absolute atomic E-state index is 0.0272. The first-order valence-corrected chi connectivity index (χ1v) is 9.00. The van der Waals surface area contributed by atoms with Gasteiger partial charge < -0.3 is 15.3 Å². The molecule has 4 atom stereocenters. The van der Waals surface area contributed by atoms with Crippen LogP contribution in [0.2, 0.25) is 0 Å². The molecule has 2 aliphatic rings. The molecule has 1 saturated carbocycles. The lowest BCUT2D eigenvalue weighted by atomic mass is 9.86. The minimum Gasteiger partial charge on any atom is -0.481 e. The zero-order valence-electron chi connectivity index (χ0n) is 14.7. The van der Waals surface area contributed by atoms with Crippen molar-refractivity contribution in [3.63, 3.8) is 0 Å². The van der Waals surface area contributed by atoms with Gasteiger partial charge in [-0.1, -0.05) is 31.2 Å². The molecule has 0 aliphatic heterocycles. The quantitative estimate of drug-likeness (QED) is 0.274. The van der Waals surface area contributed by atoms with E-state index in [1.54, 1.807) is 12.2 Å². The summed E-state index contributed by atoms with van der Waals surface area (Å²) < 4.78 is 0. The number of carbonyl (C=O) groups is 1. The van der Waals surface area contributed by atoms with Crippen molar-refractivity contribution in [2.45, 2.75) is 57.2 Å². The summed E-state index contributed by atoms with van der Waals surface area (Å²) in [5.41, 5.74) is 2.64. The van der Waals surface area contributed by atoms with Crippen LogP contribution in [0.4, 0.5) is 0 Å². The molecule has 4 N–H and O–H groups in total. The highest BCUT2D eigenvalue weighted by atomic mass is 16.6. The molecule has 0 aromatic rings. The smallest absolute Gasteiger partial charge is 0.305 e. The van der Waals surface area contributed by atoms with E-state index < -0.39 is 17.7 Å². The van der Waals surface area contributed by atoms with Crippen molar-refractivity contribution in [3.05, 3.63) is 36.1 Å². The van der Waals surface area contributed by atoms with Gasteiger partial charge in [-0.15, -0.1) is 0 Å². The Balaban J connectivity index is 1.88. The molecule has 0 amide bonds. The van der Waals surface area contributed by atoms with E-state index in [2.05, 4.69) is 12.4 Å². The largest absolute Gasteiger partial charge is 0.481 e. The summed E-state index contributed by atoms with van der Waals surface area (Å²) in [6, 6.07) is 0. The summed E-state index contributed by atoms with van der Waals surface area (Å²) in [5, 5.41) is 29.6. The standard InChI is InChI=1S/C19H29NO5/c1-2-3-4-5-17(21)9-8-14-6-7-15-12-16(13-19(14,15)24)20-25-11-10-18(22)23/h3-4,8-9,13-15,17,20-21,24H,2,5-7,10-12H2,1H3,(H,22,23)/t14-,15-,17?,19+/m0/s1. The molecule has 2 rings (SSSR count). The van der Waals surface area contributed by atoms with Crippen molar-refractivity contribution in [3.8, 4) is 0 Å². The predicted octanol–water partition coefficient (Wildman–Crippen LogP) is 2.30. The zero-order chi connectivity index (χ0) is 18.3. The van der Waals surface area contributed by atoms with Gasteiger partial charge in [0.2, 0.25) is 0 Å². The minimum atomic E-state index is -0.923. The van der Waals surface area contributed by atoms with Crippen molar-refractivity contribution >= 4 is 5.97 Å². The van der Waals surface area contributed by atoms with Gasteiger partial charge in [-0.25, -0.2) is 0 Å². The van der Waals surface area contributed by atoms with Gasteiger partial charge in [-0.05, 0) is 44.1 Å². The molecule has 140 valence electrons. The molecule has 1 unspecified atom stereocenters. The number of fused-ring (bicyclic) bond motifs is 1. The van der Waals surface area contributed by atoms with Gasteiger partial charge in [0.05, 0.1) is 24.7 Å². The average molecular weight is 351 g/mol. The van der Waals surface area contributed by atoms with Gasteiger partial charge in [0.15, 0.2) is 0 Å². The molecule has 0 radical (unpaired) electrons. The molecular weight excluding hydrogens is 322 g/mol. The van der Waals surface area contributed by atoms with Crippen LogP contribution in [0.3, 0.4) is 0 Å². The number of aliphatic carboxylic acids is 1. The number of carboxylic acids is 1. The maximum atomic E-state index is 11.0. The van der Waals surface area contributed by atoms with E-state index in [1.807, 2.05) is 18.2 Å². The fourth-order valence-corrected chi connectivity index (χ4v) is 3.59. The highest BCUT2D eigenvalue weighted by molar-refractivity contribution is 5.66. The van der Waals surface area contributed by atoms with Crippen molar-refractivity contribution in [1.29, 1.82) is 0 Å². The van der Waals surface area contributed by atoms with E-state index in [0.717, 1.165) is 25.0 Å². The van der Waals surface area contributed by atoms with Gasteiger partial charge in [0.25, 0.3) is 0 Å². The zero-order valence-corrected chi connectivity index (χ0v) is 14.7. The number of allylic oxidation sites excluding steroid dienone is 2. The maximum absolute atomic E-state index is 11.0. The Labute approximate surface area is 148 Å². The highest BCUT2D eigenvalue weighted by Crippen LogP contribution is 2.49. The van der Waals surface area contributed by atoms with Crippen LogP contribution in [0.5, 0.6) is 0 Å². The Kier molecular flexibility index (Phi) is 7.23. The van der Waals surface area contributed by atoms with E-state index in [9.17, 15) is 15.0 Å². The highest BCUT2D eigenvalue weighted by Gasteiger charge is 2.50. The molecular formula is C19H29NO5. The third-order valence-corrected chi connectivity index (χ3v) is 4.91. The number of hydrogen-bond donors (Lipinski definition) is 4. The molecule has 6 nitrogen and oxygen atoms in total. The Morgan fingerprint density at radius 2 is 2.28 bits per heavy atom. The molecule has 0 saturated heterocycles. The fourth-order valence-electron chi connectivity index (χ4n) is 3.59. The Morgan fingerprint density at radius 1 is 1.48 bits per heavy atom. The molecule has 0 aromatic heterocycles. The van der Waals surface area contributed by atoms with Crippen LogP contribution in [0.25, 0.3) is 0 Å². The number of rotatable bonds is 10. The first-order valence-electron chi connectivity index (χ1n) is 9.00. The van der Waals surface area contributed by atoms with Gasteiger partial charge >= 0.3 is 5.97 Å². The third kappa shape index (κ3) is 5.42. The topological polar surface area (TPSA) is 99.0 Å². The summed E-state index contributed by atoms with van der Waals surface area (Å²) in [7, 11) is 0. The summed E-state index contributed by atoms with van der Waals surface area (Å²) >= 11 is 0. The third-order valence-electron chi connectivity index (χ3n) is 4.91. The lowest BCUT2D eigenvalue weighted by Crippen LogP contribution is -2.33. The fraction of sp³-hybridized carbons (Fsp3) is 0.632. The number of nitrogens with one attached hydrogen (secondary N) is 1. The first-order chi connectivity index (χ1) is 12.0. The normalized spacial score (nSPS) is 30.0. The molecule has 1 fully saturated rings. The Morgan fingerprint density at radius 3 is 3.00 bits per heavy atom. The van der Waals surface area contributed by atoms with Crippen LogP contribution in [0, 0.1) is 11.8 Å². The van der Waals surface area contributed by atoms with Crippen molar-refractivity contribution in [1.82, 2.24) is 5.48 Å². The molecule has 0 aromatic carbocycles. The van der Waals surface area contributed by atoms with Gasteiger partial charge in [-0.2, -0.15) is 0 Å². The predicted molar refractivity (Wildman–Crippen MR) is 94.4 cm³/mol. The first kappa shape index (κ1) is 19.7. The number of hydroxylamine groups is 1. The molecule has 25 heavy (non-hydrogen) atoms. The van der Waals surface area contributed by atoms with E-state index >= 15 is 0 Å². The second kappa shape index (κ2) is 9.17. The number of aliphatic hydroxyl groups excluding tert-OH is 1. The lowest BCUT2D eigenvalue weighted by Gasteiger charge is -2.26. The van der Waals surface area contributed by atoms with Gasteiger partial charge in [0, 0.05) is 11.6 Å². The summed E-state index contributed by atoms with van der Waals surface area (Å²) in [5.74, 6) is -0.805. The van der Waals surface area contributed by atoms with Crippen LogP contribution in [0.1, 0.15) is 45.4 Å². The second-order valence-corrected chi connectivity index (χ2v) is 6.80. The molecule has 2 aliphatic carbocycles. The van der Waals surface area contributed by atoms with Crippen molar-refractivity contribution < 1.29 is 25.0 Å². The Bertz CT molecular complexity index is 542. The van der Waals surface area contributed by atoms with Crippen LogP contribution in [0.15, 0.2) is 36.1 Å². The van der Waals surface area contributed by atoms with Crippen LogP contribution >= 0.6 is 0 Å². The summed E-state index contributed by atoms with van der Waals surface area (Å²) in [6.07, 6.45) is 12.9. The number of hydrogen-bond acceptors (Lipinski definition) is 5. The van der Waals surface area contributed by atoms with Gasteiger partial charge in [-0.3, -0.25) is 15.1 Å². The van der Waals surface area contributed by atoms with E-state index in [-0.39, 0.29) is 24.9 Å².